The molecular weight excluding hydrogens is 258 g/mol. The molecule has 2 aromatic heterocycles. The lowest BCUT2D eigenvalue weighted by Crippen LogP contribution is -2.37. The first-order chi connectivity index (χ1) is 9.70. The number of hydrogen-bond acceptors (Lipinski definition) is 5. The summed E-state index contributed by atoms with van der Waals surface area (Å²) in [5.74, 6) is 0.521. The zero-order valence-electron chi connectivity index (χ0n) is 11.4. The fourth-order valence-electron chi connectivity index (χ4n) is 2.73. The quantitative estimate of drug-likeness (QED) is 0.900. The predicted molar refractivity (Wildman–Crippen MR) is 72.8 cm³/mol. The van der Waals surface area contributed by atoms with Crippen LogP contribution in [0.3, 0.4) is 0 Å². The Balaban J connectivity index is 2.09. The Morgan fingerprint density at radius 3 is 3.15 bits per heavy atom. The number of fused-ring (bicyclic) bond motifs is 1. The highest BCUT2D eigenvalue weighted by Gasteiger charge is 2.32. The normalized spacial score (nSPS) is 18.9. The summed E-state index contributed by atoms with van der Waals surface area (Å²) in [4.78, 5) is 21.8. The van der Waals surface area contributed by atoms with Gasteiger partial charge in [0.15, 0.2) is 0 Å². The van der Waals surface area contributed by atoms with Gasteiger partial charge in [-0.05, 0) is 19.3 Å². The number of anilines is 1. The monoisotopic (exact) mass is 275 g/mol. The summed E-state index contributed by atoms with van der Waals surface area (Å²) in [5, 5.41) is 13.5. The Bertz CT molecular complexity index is 639. The van der Waals surface area contributed by atoms with Gasteiger partial charge >= 0.3 is 5.97 Å². The molecule has 7 nitrogen and oxygen atoms in total. The largest absolute Gasteiger partial charge is 0.480 e. The minimum absolute atomic E-state index is 0.487. The maximum absolute atomic E-state index is 11.4. The Morgan fingerprint density at radius 1 is 1.55 bits per heavy atom. The molecule has 0 aliphatic carbocycles. The minimum atomic E-state index is -0.787. The second-order valence-corrected chi connectivity index (χ2v) is 5.02. The number of aliphatic carboxylic acids is 1. The van der Waals surface area contributed by atoms with Crippen LogP contribution >= 0.6 is 0 Å². The molecule has 3 rings (SSSR count). The molecule has 2 aromatic rings. The van der Waals surface area contributed by atoms with Crippen molar-refractivity contribution in [2.75, 3.05) is 11.4 Å². The van der Waals surface area contributed by atoms with Gasteiger partial charge in [0.2, 0.25) is 0 Å². The SMILES string of the molecule is CCCc1cc(N2CCC[C@H]2C(=O)O)n2ncnc2n1. The lowest BCUT2D eigenvalue weighted by atomic mass is 10.2. The molecule has 0 bridgehead atoms. The van der Waals surface area contributed by atoms with Crippen molar-refractivity contribution in [3.8, 4) is 0 Å². The molecule has 1 saturated heterocycles. The Morgan fingerprint density at radius 2 is 2.40 bits per heavy atom. The molecule has 1 aliphatic rings. The Hall–Kier alpha value is -2.18. The summed E-state index contributed by atoms with van der Waals surface area (Å²) in [6.07, 6.45) is 4.82. The molecule has 0 aromatic carbocycles. The van der Waals surface area contributed by atoms with E-state index in [2.05, 4.69) is 22.0 Å². The van der Waals surface area contributed by atoms with Crippen LogP contribution in [-0.2, 0) is 11.2 Å². The summed E-state index contributed by atoms with van der Waals surface area (Å²) in [5.41, 5.74) is 0.930. The van der Waals surface area contributed by atoms with Crippen LogP contribution in [0.25, 0.3) is 5.78 Å². The van der Waals surface area contributed by atoms with Crippen LogP contribution in [0.1, 0.15) is 31.9 Å². The van der Waals surface area contributed by atoms with Gasteiger partial charge in [0.1, 0.15) is 18.2 Å². The van der Waals surface area contributed by atoms with E-state index in [1.165, 1.54) is 6.33 Å². The predicted octanol–water partition coefficient (Wildman–Crippen LogP) is 1.13. The first-order valence-electron chi connectivity index (χ1n) is 6.90. The van der Waals surface area contributed by atoms with Crippen LogP contribution < -0.4 is 4.90 Å². The van der Waals surface area contributed by atoms with Crippen LogP contribution in [0.4, 0.5) is 5.82 Å². The van der Waals surface area contributed by atoms with Crippen molar-refractivity contribution in [1.29, 1.82) is 0 Å². The second-order valence-electron chi connectivity index (χ2n) is 5.02. The number of carbonyl (C=O) groups is 1. The molecule has 7 heteroatoms. The molecular formula is C13H17N5O2. The molecule has 106 valence electrons. The first kappa shape index (κ1) is 12.8. The molecule has 1 atom stereocenters. The number of aromatic nitrogens is 4. The minimum Gasteiger partial charge on any atom is -0.480 e. The van der Waals surface area contributed by atoms with E-state index in [4.69, 9.17) is 0 Å². The van der Waals surface area contributed by atoms with Crippen molar-refractivity contribution in [1.82, 2.24) is 19.6 Å². The van der Waals surface area contributed by atoms with Crippen LogP contribution in [0, 0.1) is 0 Å². The fourth-order valence-corrected chi connectivity index (χ4v) is 2.73. The van der Waals surface area contributed by atoms with Gasteiger partial charge in [-0.2, -0.15) is 14.6 Å². The second kappa shape index (κ2) is 5.07. The average Bonchev–Trinajstić information content (AvgIpc) is 3.06. The molecule has 1 aliphatic heterocycles. The number of carboxylic acid groups (broad SMARTS) is 1. The molecule has 1 N–H and O–H groups in total. The van der Waals surface area contributed by atoms with Gasteiger partial charge in [0.05, 0.1) is 0 Å². The van der Waals surface area contributed by atoms with Gasteiger partial charge in [0, 0.05) is 18.3 Å². The number of aryl methyl sites for hydroxylation is 1. The average molecular weight is 275 g/mol. The Kier molecular flexibility index (Phi) is 3.25. The van der Waals surface area contributed by atoms with E-state index >= 15 is 0 Å². The molecule has 0 amide bonds. The van der Waals surface area contributed by atoms with E-state index < -0.39 is 12.0 Å². The van der Waals surface area contributed by atoms with Crippen LogP contribution in [0.5, 0.6) is 0 Å². The Labute approximate surface area is 116 Å². The number of hydrogen-bond donors (Lipinski definition) is 1. The summed E-state index contributed by atoms with van der Waals surface area (Å²) in [7, 11) is 0. The smallest absolute Gasteiger partial charge is 0.326 e. The maximum Gasteiger partial charge on any atom is 0.326 e. The summed E-state index contributed by atoms with van der Waals surface area (Å²) >= 11 is 0. The van der Waals surface area contributed by atoms with Crippen molar-refractivity contribution >= 4 is 17.6 Å². The van der Waals surface area contributed by atoms with E-state index in [0.29, 0.717) is 12.2 Å². The maximum atomic E-state index is 11.4. The van der Waals surface area contributed by atoms with Gasteiger partial charge < -0.3 is 10.0 Å². The van der Waals surface area contributed by atoms with E-state index in [1.807, 2.05) is 11.0 Å². The summed E-state index contributed by atoms with van der Waals surface area (Å²) in [6, 6.07) is 1.45. The molecule has 0 spiro atoms. The van der Waals surface area contributed by atoms with Gasteiger partial charge in [-0.15, -0.1) is 0 Å². The highest BCUT2D eigenvalue weighted by atomic mass is 16.4. The first-order valence-corrected chi connectivity index (χ1v) is 6.90. The molecule has 20 heavy (non-hydrogen) atoms. The highest BCUT2D eigenvalue weighted by Crippen LogP contribution is 2.26. The van der Waals surface area contributed by atoms with Crippen molar-refractivity contribution in [2.45, 2.75) is 38.6 Å². The summed E-state index contributed by atoms with van der Waals surface area (Å²) in [6.45, 7) is 2.81. The van der Waals surface area contributed by atoms with E-state index in [0.717, 1.165) is 37.3 Å². The zero-order chi connectivity index (χ0) is 14.1. The van der Waals surface area contributed by atoms with E-state index in [9.17, 15) is 9.90 Å². The van der Waals surface area contributed by atoms with Crippen LogP contribution in [0.2, 0.25) is 0 Å². The van der Waals surface area contributed by atoms with Gasteiger partial charge in [-0.3, -0.25) is 0 Å². The van der Waals surface area contributed by atoms with E-state index in [1.54, 1.807) is 4.52 Å². The molecule has 0 radical (unpaired) electrons. The third-order valence-electron chi connectivity index (χ3n) is 3.62. The third kappa shape index (κ3) is 2.09. The van der Waals surface area contributed by atoms with Crippen molar-refractivity contribution < 1.29 is 9.90 Å². The lowest BCUT2D eigenvalue weighted by molar-refractivity contribution is -0.138. The molecule has 0 saturated carbocycles. The van der Waals surface area contributed by atoms with Crippen molar-refractivity contribution in [3.05, 3.63) is 18.1 Å². The van der Waals surface area contributed by atoms with Gasteiger partial charge in [-0.1, -0.05) is 13.3 Å². The zero-order valence-corrected chi connectivity index (χ0v) is 11.4. The molecule has 1 fully saturated rings. The molecule has 0 unspecified atom stereocenters. The summed E-state index contributed by atoms with van der Waals surface area (Å²) < 4.78 is 1.63. The van der Waals surface area contributed by atoms with Crippen LogP contribution in [-0.4, -0.2) is 43.2 Å². The van der Waals surface area contributed by atoms with Crippen molar-refractivity contribution in [3.63, 3.8) is 0 Å². The highest BCUT2D eigenvalue weighted by molar-refractivity contribution is 5.78. The van der Waals surface area contributed by atoms with Gasteiger partial charge in [-0.25, -0.2) is 9.78 Å². The van der Waals surface area contributed by atoms with E-state index in [-0.39, 0.29) is 0 Å². The number of carboxylic acids is 1. The number of nitrogens with zero attached hydrogens (tertiary/aromatic N) is 5. The third-order valence-corrected chi connectivity index (χ3v) is 3.62. The lowest BCUT2D eigenvalue weighted by Gasteiger charge is -2.24. The van der Waals surface area contributed by atoms with Gasteiger partial charge in [0.25, 0.3) is 5.78 Å². The fraction of sp³-hybridized carbons (Fsp3) is 0.538. The number of rotatable bonds is 4. The topological polar surface area (TPSA) is 83.6 Å². The van der Waals surface area contributed by atoms with Crippen molar-refractivity contribution in [2.24, 2.45) is 0 Å². The van der Waals surface area contributed by atoms with Crippen LogP contribution in [0.15, 0.2) is 12.4 Å². The standard InChI is InChI=1S/C13H17N5O2/c1-2-4-9-7-11(18-13(16-9)14-8-15-18)17-6-3-5-10(17)12(19)20/h7-8,10H,2-6H2,1H3,(H,19,20)/t10-/m0/s1. The molecule has 3 heterocycles.